The molecule has 148 valence electrons. The Balaban J connectivity index is 1.53. The van der Waals surface area contributed by atoms with Crippen LogP contribution in [0.2, 0.25) is 0 Å². The van der Waals surface area contributed by atoms with Gasteiger partial charge in [-0.2, -0.15) is 0 Å². The van der Waals surface area contributed by atoms with Crippen LogP contribution in [0.5, 0.6) is 0 Å². The SMILES string of the molecule is CN(c1ccccc1)c1ccc2c(n1)CCCC2CCc1cnccc1C(=O)O. The van der Waals surface area contributed by atoms with E-state index in [0.717, 1.165) is 42.8 Å². The number of nitrogens with zero attached hydrogens (tertiary/aromatic N) is 3. The van der Waals surface area contributed by atoms with Crippen molar-refractivity contribution in [2.45, 2.75) is 38.0 Å². The Labute approximate surface area is 171 Å². The Bertz CT molecular complexity index is 1000. The lowest BCUT2D eigenvalue weighted by Gasteiger charge is -2.27. The zero-order valence-electron chi connectivity index (χ0n) is 16.6. The van der Waals surface area contributed by atoms with Crippen LogP contribution >= 0.6 is 0 Å². The Hall–Kier alpha value is -3.21. The lowest BCUT2D eigenvalue weighted by atomic mass is 9.82. The maximum atomic E-state index is 11.4. The smallest absolute Gasteiger partial charge is 0.336 e. The molecule has 3 aromatic rings. The van der Waals surface area contributed by atoms with Gasteiger partial charge in [0.25, 0.3) is 0 Å². The molecular weight excluding hydrogens is 362 g/mol. The number of para-hydroxylation sites is 1. The third-order valence-corrected chi connectivity index (χ3v) is 5.78. The van der Waals surface area contributed by atoms with Crippen LogP contribution < -0.4 is 4.90 Å². The number of rotatable bonds is 6. The van der Waals surface area contributed by atoms with Gasteiger partial charge in [-0.25, -0.2) is 9.78 Å². The summed E-state index contributed by atoms with van der Waals surface area (Å²) in [6.07, 6.45) is 8.07. The fourth-order valence-electron chi connectivity index (χ4n) is 4.18. The summed E-state index contributed by atoms with van der Waals surface area (Å²) in [5.41, 5.74) is 4.76. The maximum absolute atomic E-state index is 11.4. The van der Waals surface area contributed by atoms with Crippen molar-refractivity contribution in [3.05, 3.63) is 83.3 Å². The van der Waals surface area contributed by atoms with Gasteiger partial charge in [0.1, 0.15) is 5.82 Å². The van der Waals surface area contributed by atoms with Gasteiger partial charge in [-0.1, -0.05) is 24.3 Å². The van der Waals surface area contributed by atoms with Crippen LogP contribution in [-0.2, 0) is 12.8 Å². The Morgan fingerprint density at radius 2 is 2.00 bits per heavy atom. The topological polar surface area (TPSA) is 66.3 Å². The molecule has 0 radical (unpaired) electrons. The predicted octanol–water partition coefficient (Wildman–Crippen LogP) is 5.00. The van der Waals surface area contributed by atoms with Gasteiger partial charge in [0, 0.05) is 30.8 Å². The number of hydrogen-bond acceptors (Lipinski definition) is 4. The summed E-state index contributed by atoms with van der Waals surface area (Å²) in [7, 11) is 2.04. The first-order chi connectivity index (χ1) is 14.1. The predicted molar refractivity (Wildman–Crippen MR) is 114 cm³/mol. The second kappa shape index (κ2) is 8.43. The fourth-order valence-corrected chi connectivity index (χ4v) is 4.18. The van der Waals surface area contributed by atoms with Gasteiger partial charge < -0.3 is 10.0 Å². The number of benzene rings is 1. The van der Waals surface area contributed by atoms with E-state index in [0.29, 0.717) is 17.9 Å². The molecular formula is C24H25N3O2. The lowest BCUT2D eigenvalue weighted by Crippen LogP contribution is -2.17. The highest BCUT2D eigenvalue weighted by Crippen LogP contribution is 2.36. The van der Waals surface area contributed by atoms with Gasteiger partial charge in [-0.05, 0) is 73.4 Å². The highest BCUT2D eigenvalue weighted by molar-refractivity contribution is 5.89. The van der Waals surface area contributed by atoms with Gasteiger partial charge in [0.15, 0.2) is 0 Å². The van der Waals surface area contributed by atoms with Crippen molar-refractivity contribution >= 4 is 17.5 Å². The monoisotopic (exact) mass is 387 g/mol. The highest BCUT2D eigenvalue weighted by Gasteiger charge is 2.23. The molecule has 0 saturated heterocycles. The molecule has 0 fully saturated rings. The van der Waals surface area contributed by atoms with E-state index in [9.17, 15) is 9.90 Å². The number of pyridine rings is 2. The summed E-state index contributed by atoms with van der Waals surface area (Å²) in [6.45, 7) is 0. The number of aryl methyl sites for hydroxylation is 2. The van der Waals surface area contributed by atoms with Crippen LogP contribution in [0, 0.1) is 0 Å². The summed E-state index contributed by atoms with van der Waals surface area (Å²) in [4.78, 5) is 22.6. The number of carbonyl (C=O) groups is 1. The standard InChI is InChI=1S/C24H25N3O2/c1-27(19-7-3-2-4-8-19)23-13-12-20-17(6-5-9-22(20)26-23)10-11-18-16-25-15-14-21(18)24(28)29/h2-4,7-8,12-17H,5-6,9-11H2,1H3,(H,28,29). The van der Waals surface area contributed by atoms with Crippen LogP contribution in [0.1, 0.15) is 52.4 Å². The Morgan fingerprint density at radius 3 is 2.79 bits per heavy atom. The van der Waals surface area contributed by atoms with Crippen molar-refractivity contribution in [1.29, 1.82) is 0 Å². The molecule has 4 rings (SSSR count). The maximum Gasteiger partial charge on any atom is 0.336 e. The number of aromatic carboxylic acids is 1. The summed E-state index contributed by atoms with van der Waals surface area (Å²) >= 11 is 0. The number of fused-ring (bicyclic) bond motifs is 1. The van der Waals surface area contributed by atoms with Crippen LogP contribution in [0.4, 0.5) is 11.5 Å². The average Bonchev–Trinajstić information content (AvgIpc) is 2.77. The summed E-state index contributed by atoms with van der Waals surface area (Å²) < 4.78 is 0. The first kappa shape index (κ1) is 19.1. The molecule has 0 spiro atoms. The van der Waals surface area contributed by atoms with Crippen molar-refractivity contribution in [3.63, 3.8) is 0 Å². The van der Waals surface area contributed by atoms with Gasteiger partial charge in [0.05, 0.1) is 5.56 Å². The third kappa shape index (κ3) is 4.14. The second-order valence-corrected chi connectivity index (χ2v) is 7.57. The average molecular weight is 387 g/mol. The number of hydrogen-bond donors (Lipinski definition) is 1. The largest absolute Gasteiger partial charge is 0.478 e. The summed E-state index contributed by atoms with van der Waals surface area (Å²) in [6, 6.07) is 16.1. The molecule has 0 bridgehead atoms. The molecule has 1 atom stereocenters. The number of aromatic nitrogens is 2. The second-order valence-electron chi connectivity index (χ2n) is 7.57. The van der Waals surface area contributed by atoms with Crippen molar-refractivity contribution < 1.29 is 9.90 Å². The first-order valence-corrected chi connectivity index (χ1v) is 10.1. The molecule has 2 aromatic heterocycles. The quantitative estimate of drug-likeness (QED) is 0.645. The van der Waals surface area contributed by atoms with E-state index in [-0.39, 0.29) is 0 Å². The molecule has 29 heavy (non-hydrogen) atoms. The molecule has 0 aliphatic heterocycles. The van der Waals surface area contributed by atoms with Gasteiger partial charge >= 0.3 is 5.97 Å². The lowest BCUT2D eigenvalue weighted by molar-refractivity contribution is 0.0695. The molecule has 0 amide bonds. The van der Waals surface area contributed by atoms with Crippen molar-refractivity contribution in [3.8, 4) is 0 Å². The molecule has 5 nitrogen and oxygen atoms in total. The van der Waals surface area contributed by atoms with E-state index < -0.39 is 5.97 Å². The minimum atomic E-state index is -0.887. The highest BCUT2D eigenvalue weighted by atomic mass is 16.4. The molecule has 1 aliphatic rings. The van der Waals surface area contributed by atoms with Gasteiger partial charge in [-0.3, -0.25) is 4.98 Å². The minimum absolute atomic E-state index is 0.356. The van der Waals surface area contributed by atoms with Gasteiger partial charge in [0.2, 0.25) is 0 Å². The van der Waals surface area contributed by atoms with Crippen molar-refractivity contribution in [1.82, 2.24) is 9.97 Å². The minimum Gasteiger partial charge on any atom is -0.478 e. The molecule has 1 aliphatic carbocycles. The Kier molecular flexibility index (Phi) is 5.56. The van der Waals surface area contributed by atoms with E-state index in [1.807, 2.05) is 25.2 Å². The zero-order valence-corrected chi connectivity index (χ0v) is 16.6. The number of carboxylic acids is 1. The van der Waals surface area contributed by atoms with Crippen LogP contribution in [0.3, 0.4) is 0 Å². The van der Waals surface area contributed by atoms with Crippen molar-refractivity contribution in [2.24, 2.45) is 0 Å². The Morgan fingerprint density at radius 1 is 1.17 bits per heavy atom. The first-order valence-electron chi connectivity index (χ1n) is 10.1. The zero-order chi connectivity index (χ0) is 20.2. The molecule has 0 saturated carbocycles. The molecule has 5 heteroatoms. The van der Waals surface area contributed by atoms with Crippen LogP contribution in [0.15, 0.2) is 60.9 Å². The van der Waals surface area contributed by atoms with E-state index in [1.54, 1.807) is 12.3 Å². The molecule has 1 aromatic carbocycles. The number of anilines is 2. The fraction of sp³-hybridized carbons (Fsp3) is 0.292. The molecule has 1 N–H and O–H groups in total. The molecule has 2 heterocycles. The number of carboxylic acid groups (broad SMARTS) is 1. The van der Waals surface area contributed by atoms with E-state index in [1.165, 1.54) is 17.5 Å². The van der Waals surface area contributed by atoms with Gasteiger partial charge in [-0.15, -0.1) is 0 Å². The van der Waals surface area contributed by atoms with Crippen molar-refractivity contribution in [2.75, 3.05) is 11.9 Å². The van der Waals surface area contributed by atoms with Crippen LogP contribution in [0.25, 0.3) is 0 Å². The van der Waals surface area contributed by atoms with E-state index >= 15 is 0 Å². The van der Waals surface area contributed by atoms with E-state index in [4.69, 9.17) is 4.98 Å². The van der Waals surface area contributed by atoms with Crippen LogP contribution in [-0.4, -0.2) is 28.1 Å². The summed E-state index contributed by atoms with van der Waals surface area (Å²) in [5.74, 6) is 0.474. The van der Waals surface area contributed by atoms with E-state index in [2.05, 4.69) is 34.1 Å². The third-order valence-electron chi connectivity index (χ3n) is 5.78. The summed E-state index contributed by atoms with van der Waals surface area (Å²) in [5, 5.41) is 9.39. The molecule has 1 unspecified atom stereocenters. The normalized spacial score (nSPS) is 15.6.